The van der Waals surface area contributed by atoms with Gasteiger partial charge in [0.2, 0.25) is 0 Å². The van der Waals surface area contributed by atoms with Gasteiger partial charge < -0.3 is 0 Å². The summed E-state index contributed by atoms with van der Waals surface area (Å²) in [5, 5.41) is 4.32. The van der Waals surface area contributed by atoms with Crippen molar-refractivity contribution in [2.24, 2.45) is 7.05 Å². The van der Waals surface area contributed by atoms with E-state index in [0.29, 0.717) is 0 Å². The minimum Gasteiger partial charge on any atom is -0.295 e. The van der Waals surface area contributed by atoms with Crippen molar-refractivity contribution in [1.82, 2.24) is 9.78 Å². The van der Waals surface area contributed by atoms with Crippen molar-refractivity contribution in [3.05, 3.63) is 47.3 Å². The quantitative estimate of drug-likeness (QED) is 0.625. The fraction of sp³-hybridized carbons (Fsp3) is 0.286. The third-order valence-electron chi connectivity index (χ3n) is 2.75. The standard InChI is InChI=1S/C14H16N2OS/c1-10-8-13(16(3)15-10)9-18-14-6-4-12(5-7-14)11(2)17/h4-8H,9H2,1-3H3. The highest BCUT2D eigenvalue weighted by Gasteiger charge is 2.04. The van der Waals surface area contributed by atoms with E-state index in [-0.39, 0.29) is 5.78 Å². The van der Waals surface area contributed by atoms with E-state index in [1.165, 1.54) is 10.6 Å². The molecule has 0 N–H and O–H groups in total. The first-order valence-electron chi connectivity index (χ1n) is 5.79. The van der Waals surface area contributed by atoms with Crippen molar-refractivity contribution in [3.8, 4) is 0 Å². The summed E-state index contributed by atoms with van der Waals surface area (Å²) in [4.78, 5) is 12.3. The number of rotatable bonds is 4. The van der Waals surface area contributed by atoms with E-state index in [9.17, 15) is 4.79 Å². The molecule has 0 spiro atoms. The molecule has 3 nitrogen and oxygen atoms in total. The minimum absolute atomic E-state index is 0.105. The van der Waals surface area contributed by atoms with Crippen LogP contribution in [0.25, 0.3) is 0 Å². The SMILES string of the molecule is CC(=O)c1ccc(SCc2cc(C)nn2C)cc1. The predicted octanol–water partition coefficient (Wildman–Crippen LogP) is 3.22. The van der Waals surface area contributed by atoms with Gasteiger partial charge in [0.1, 0.15) is 0 Å². The number of benzene rings is 1. The smallest absolute Gasteiger partial charge is 0.159 e. The van der Waals surface area contributed by atoms with Crippen LogP contribution in [0.4, 0.5) is 0 Å². The van der Waals surface area contributed by atoms with Crippen LogP contribution in [0.5, 0.6) is 0 Å². The normalized spacial score (nSPS) is 10.6. The lowest BCUT2D eigenvalue weighted by Gasteiger charge is -2.03. The summed E-state index contributed by atoms with van der Waals surface area (Å²) in [6.07, 6.45) is 0. The van der Waals surface area contributed by atoms with Crippen LogP contribution in [0, 0.1) is 6.92 Å². The third kappa shape index (κ3) is 3.01. The molecule has 0 aliphatic rings. The molecule has 4 heteroatoms. The first kappa shape index (κ1) is 12.9. The van der Waals surface area contributed by atoms with Crippen LogP contribution >= 0.6 is 11.8 Å². The Morgan fingerprint density at radius 3 is 2.50 bits per heavy atom. The van der Waals surface area contributed by atoms with Gasteiger partial charge in [0, 0.05) is 29.0 Å². The van der Waals surface area contributed by atoms with Crippen LogP contribution in [0.3, 0.4) is 0 Å². The van der Waals surface area contributed by atoms with Gasteiger partial charge in [-0.25, -0.2) is 0 Å². The van der Waals surface area contributed by atoms with Crippen LogP contribution in [0.15, 0.2) is 35.2 Å². The molecule has 0 atom stereocenters. The highest BCUT2D eigenvalue weighted by atomic mass is 32.2. The number of carbonyl (C=O) groups excluding carboxylic acids is 1. The van der Waals surface area contributed by atoms with Gasteiger partial charge in [-0.3, -0.25) is 9.48 Å². The van der Waals surface area contributed by atoms with E-state index >= 15 is 0 Å². The van der Waals surface area contributed by atoms with Crippen molar-refractivity contribution >= 4 is 17.5 Å². The van der Waals surface area contributed by atoms with Crippen LogP contribution in [0.1, 0.15) is 28.7 Å². The van der Waals surface area contributed by atoms with Gasteiger partial charge in [0.05, 0.1) is 5.69 Å². The molecule has 0 fully saturated rings. The molecule has 2 aromatic rings. The van der Waals surface area contributed by atoms with E-state index in [0.717, 1.165) is 17.0 Å². The fourth-order valence-corrected chi connectivity index (χ4v) is 2.66. The Morgan fingerprint density at radius 1 is 1.33 bits per heavy atom. The van der Waals surface area contributed by atoms with Gasteiger partial charge in [-0.1, -0.05) is 12.1 Å². The molecule has 0 saturated carbocycles. The molecule has 0 saturated heterocycles. The molecule has 1 heterocycles. The monoisotopic (exact) mass is 260 g/mol. The third-order valence-corrected chi connectivity index (χ3v) is 3.79. The zero-order chi connectivity index (χ0) is 13.1. The van der Waals surface area contributed by atoms with Crippen LogP contribution < -0.4 is 0 Å². The summed E-state index contributed by atoms with van der Waals surface area (Å²) in [5.74, 6) is 0.991. The van der Waals surface area contributed by atoms with Gasteiger partial charge in [-0.2, -0.15) is 5.10 Å². The summed E-state index contributed by atoms with van der Waals surface area (Å²) in [7, 11) is 1.96. The maximum Gasteiger partial charge on any atom is 0.159 e. The number of nitrogens with zero attached hydrogens (tertiary/aromatic N) is 2. The minimum atomic E-state index is 0.105. The molecule has 0 aliphatic heterocycles. The van der Waals surface area contributed by atoms with E-state index in [1.807, 2.05) is 42.9 Å². The summed E-state index contributed by atoms with van der Waals surface area (Å²) < 4.78 is 1.91. The number of thioether (sulfide) groups is 1. The lowest BCUT2D eigenvalue weighted by atomic mass is 10.2. The van der Waals surface area contributed by atoms with Crippen molar-refractivity contribution in [3.63, 3.8) is 0 Å². The van der Waals surface area contributed by atoms with Crippen molar-refractivity contribution in [2.45, 2.75) is 24.5 Å². The molecule has 0 aliphatic carbocycles. The van der Waals surface area contributed by atoms with Gasteiger partial charge in [-0.15, -0.1) is 11.8 Å². The van der Waals surface area contributed by atoms with Gasteiger partial charge in [0.15, 0.2) is 5.78 Å². The fourth-order valence-electron chi connectivity index (χ4n) is 1.74. The molecule has 1 aromatic heterocycles. The first-order valence-corrected chi connectivity index (χ1v) is 6.78. The lowest BCUT2D eigenvalue weighted by Crippen LogP contribution is -1.96. The molecule has 0 amide bonds. The summed E-state index contributed by atoms with van der Waals surface area (Å²) in [6.45, 7) is 3.58. The summed E-state index contributed by atoms with van der Waals surface area (Å²) in [6, 6.07) is 9.82. The van der Waals surface area contributed by atoms with Crippen molar-refractivity contribution in [2.75, 3.05) is 0 Å². The predicted molar refractivity (Wildman–Crippen MR) is 74.0 cm³/mol. The van der Waals surface area contributed by atoms with Gasteiger partial charge in [0.25, 0.3) is 0 Å². The van der Waals surface area contributed by atoms with E-state index in [2.05, 4.69) is 11.2 Å². The Labute approximate surface area is 111 Å². The molecule has 1 aromatic carbocycles. The van der Waals surface area contributed by atoms with Gasteiger partial charge >= 0.3 is 0 Å². The Kier molecular flexibility index (Phi) is 3.87. The number of aryl methyl sites for hydroxylation is 2. The Morgan fingerprint density at radius 2 is 2.00 bits per heavy atom. The largest absolute Gasteiger partial charge is 0.295 e. The van der Waals surface area contributed by atoms with Crippen LogP contribution in [-0.4, -0.2) is 15.6 Å². The molecule has 0 unspecified atom stereocenters. The second kappa shape index (κ2) is 5.40. The average molecular weight is 260 g/mol. The van der Waals surface area contributed by atoms with Crippen LogP contribution in [0.2, 0.25) is 0 Å². The van der Waals surface area contributed by atoms with Crippen molar-refractivity contribution < 1.29 is 4.79 Å². The number of hydrogen-bond donors (Lipinski definition) is 0. The molecule has 0 radical (unpaired) electrons. The van der Waals surface area contributed by atoms with E-state index in [4.69, 9.17) is 0 Å². The zero-order valence-electron chi connectivity index (χ0n) is 10.8. The molecule has 0 bridgehead atoms. The Hall–Kier alpha value is -1.55. The number of carbonyl (C=O) groups is 1. The van der Waals surface area contributed by atoms with Gasteiger partial charge in [-0.05, 0) is 32.0 Å². The second-order valence-electron chi connectivity index (χ2n) is 4.27. The molecular formula is C14H16N2OS. The van der Waals surface area contributed by atoms with Crippen LogP contribution in [-0.2, 0) is 12.8 Å². The van der Waals surface area contributed by atoms with E-state index < -0.39 is 0 Å². The Bertz CT molecular complexity index is 558. The summed E-state index contributed by atoms with van der Waals surface area (Å²) >= 11 is 1.75. The topological polar surface area (TPSA) is 34.9 Å². The number of ketones is 1. The molecule has 2 rings (SSSR count). The molecule has 94 valence electrons. The summed E-state index contributed by atoms with van der Waals surface area (Å²) in [5.41, 5.74) is 3.00. The highest BCUT2D eigenvalue weighted by Crippen LogP contribution is 2.23. The highest BCUT2D eigenvalue weighted by molar-refractivity contribution is 7.98. The second-order valence-corrected chi connectivity index (χ2v) is 5.32. The van der Waals surface area contributed by atoms with Crippen molar-refractivity contribution in [1.29, 1.82) is 0 Å². The maximum atomic E-state index is 11.2. The number of Topliss-reactive ketones (excluding diaryl/α,β-unsaturated/α-hetero) is 1. The average Bonchev–Trinajstić information content (AvgIpc) is 2.66. The molecule has 18 heavy (non-hydrogen) atoms. The van der Waals surface area contributed by atoms with E-state index in [1.54, 1.807) is 18.7 Å². The molecular weight excluding hydrogens is 244 g/mol. The zero-order valence-corrected chi connectivity index (χ0v) is 11.6. The number of aromatic nitrogens is 2. The first-order chi connectivity index (χ1) is 8.56. The Balaban J connectivity index is 2.02. The number of hydrogen-bond acceptors (Lipinski definition) is 3. The maximum absolute atomic E-state index is 11.2. The lowest BCUT2D eigenvalue weighted by molar-refractivity contribution is 0.101.